The molecule has 0 spiro atoms. The monoisotopic (exact) mass is 324 g/mol. The van der Waals surface area contributed by atoms with E-state index in [1.807, 2.05) is 18.2 Å². The number of nitrogens with zero attached hydrogens (tertiary/aromatic N) is 1. The van der Waals surface area contributed by atoms with E-state index < -0.39 is 0 Å². The summed E-state index contributed by atoms with van der Waals surface area (Å²) in [6.07, 6.45) is 0. The summed E-state index contributed by atoms with van der Waals surface area (Å²) in [7, 11) is 0. The van der Waals surface area contributed by atoms with Gasteiger partial charge in [0.1, 0.15) is 5.84 Å². The fraction of sp³-hybridized carbons (Fsp3) is 0.125. The van der Waals surface area contributed by atoms with Crippen LogP contribution < -0.4 is 5.73 Å². The molecule has 0 aliphatic heterocycles. The number of halogens is 3. The molecule has 0 aliphatic carbocycles. The first kappa shape index (κ1) is 11.0. The molecule has 13 heavy (non-hydrogen) atoms. The fourth-order valence-electron chi connectivity index (χ4n) is 0.756. The zero-order chi connectivity index (χ0) is 9.84. The highest BCUT2D eigenvalue weighted by Gasteiger charge is 1.99. The van der Waals surface area contributed by atoms with Gasteiger partial charge in [0.2, 0.25) is 0 Å². The van der Waals surface area contributed by atoms with E-state index in [1.165, 1.54) is 0 Å². The summed E-state index contributed by atoms with van der Waals surface area (Å²) in [6, 6.07) is 5.67. The quantitative estimate of drug-likeness (QED) is 0.505. The van der Waals surface area contributed by atoms with Crippen LogP contribution in [0, 0.1) is 0 Å². The number of aliphatic imine (C=N–C) groups is 1. The largest absolute Gasteiger partial charge is 0.386 e. The molecule has 5 heteroatoms. The van der Waals surface area contributed by atoms with Gasteiger partial charge in [-0.15, -0.1) is 11.6 Å². The van der Waals surface area contributed by atoms with Crippen LogP contribution in [0.15, 0.2) is 32.1 Å². The van der Waals surface area contributed by atoms with Crippen molar-refractivity contribution in [2.24, 2.45) is 10.7 Å². The number of amidine groups is 1. The molecule has 1 aromatic carbocycles. The number of nitrogens with two attached hydrogens (primary N) is 1. The minimum absolute atomic E-state index is 0.235. The Labute approximate surface area is 98.4 Å². The van der Waals surface area contributed by atoms with Crippen LogP contribution in [0.5, 0.6) is 0 Å². The summed E-state index contributed by atoms with van der Waals surface area (Å²) in [5, 5.41) is 0. The molecule has 0 aromatic heterocycles. The predicted octanol–water partition coefficient (Wildman–Crippen LogP) is 3.44. The van der Waals surface area contributed by atoms with Crippen molar-refractivity contribution in [3.63, 3.8) is 0 Å². The second kappa shape index (κ2) is 4.98. The van der Waals surface area contributed by atoms with Gasteiger partial charge in [0, 0.05) is 8.95 Å². The Balaban J connectivity index is 3.07. The Hall–Kier alpha value is -0.0600. The predicted molar refractivity (Wildman–Crippen MR) is 63.8 cm³/mol. The molecular formula is C8H7Br2ClN2. The van der Waals surface area contributed by atoms with Gasteiger partial charge in [-0.05, 0) is 34.1 Å². The van der Waals surface area contributed by atoms with Crippen molar-refractivity contribution < 1.29 is 0 Å². The van der Waals surface area contributed by atoms with Crippen molar-refractivity contribution in [1.29, 1.82) is 0 Å². The maximum absolute atomic E-state index is 5.51. The zero-order valence-corrected chi connectivity index (χ0v) is 10.5. The Kier molecular flexibility index (Phi) is 4.22. The number of rotatable bonds is 2. The molecule has 2 nitrogen and oxygen atoms in total. The summed E-state index contributed by atoms with van der Waals surface area (Å²) in [5.74, 6) is 0.638. The number of hydrogen-bond donors (Lipinski definition) is 1. The smallest absolute Gasteiger partial charge is 0.115 e. The molecular weight excluding hydrogens is 319 g/mol. The molecule has 0 saturated carbocycles. The van der Waals surface area contributed by atoms with Crippen molar-refractivity contribution in [3.05, 3.63) is 27.1 Å². The van der Waals surface area contributed by atoms with Gasteiger partial charge in [-0.2, -0.15) is 0 Å². The van der Waals surface area contributed by atoms with E-state index in [2.05, 4.69) is 36.9 Å². The lowest BCUT2D eigenvalue weighted by Gasteiger charge is -2.00. The molecule has 0 amide bonds. The lowest BCUT2D eigenvalue weighted by molar-refractivity contribution is 1.42. The fourth-order valence-corrected chi connectivity index (χ4v) is 1.50. The second-order valence-corrected chi connectivity index (χ2v) is 4.37. The molecule has 0 radical (unpaired) electrons. The van der Waals surface area contributed by atoms with E-state index in [0.717, 1.165) is 14.6 Å². The van der Waals surface area contributed by atoms with Crippen LogP contribution in [0.2, 0.25) is 0 Å². The molecule has 1 rings (SSSR count). The van der Waals surface area contributed by atoms with Crippen molar-refractivity contribution in [2.75, 3.05) is 5.88 Å². The van der Waals surface area contributed by atoms with Gasteiger partial charge in [-0.3, -0.25) is 0 Å². The summed E-state index contributed by atoms with van der Waals surface area (Å²) in [6.45, 7) is 0. The second-order valence-electron chi connectivity index (χ2n) is 2.33. The number of benzene rings is 1. The molecule has 0 heterocycles. The third kappa shape index (κ3) is 3.29. The topological polar surface area (TPSA) is 38.4 Å². The lowest BCUT2D eigenvalue weighted by Crippen LogP contribution is -2.12. The first-order valence-corrected chi connectivity index (χ1v) is 5.59. The Morgan fingerprint density at radius 1 is 1.46 bits per heavy atom. The van der Waals surface area contributed by atoms with Crippen LogP contribution in [0.1, 0.15) is 0 Å². The van der Waals surface area contributed by atoms with E-state index in [0.29, 0.717) is 5.84 Å². The highest BCUT2D eigenvalue weighted by molar-refractivity contribution is 9.11. The van der Waals surface area contributed by atoms with E-state index in [1.54, 1.807) is 0 Å². The van der Waals surface area contributed by atoms with Gasteiger partial charge < -0.3 is 5.73 Å². The molecule has 0 bridgehead atoms. The maximum Gasteiger partial charge on any atom is 0.115 e. The zero-order valence-electron chi connectivity index (χ0n) is 6.60. The first-order chi connectivity index (χ1) is 6.13. The van der Waals surface area contributed by atoms with Crippen molar-refractivity contribution in [3.8, 4) is 0 Å². The molecule has 2 N–H and O–H groups in total. The molecule has 0 atom stereocenters. The van der Waals surface area contributed by atoms with E-state index in [-0.39, 0.29) is 5.88 Å². The van der Waals surface area contributed by atoms with Crippen molar-refractivity contribution >= 4 is 55.0 Å². The maximum atomic E-state index is 5.51. The number of alkyl halides is 1. The average Bonchev–Trinajstić information content (AvgIpc) is 2.11. The molecule has 1 aromatic rings. The van der Waals surface area contributed by atoms with Gasteiger partial charge in [0.25, 0.3) is 0 Å². The van der Waals surface area contributed by atoms with E-state index >= 15 is 0 Å². The summed E-state index contributed by atoms with van der Waals surface area (Å²) < 4.78 is 1.85. The molecule has 0 aliphatic rings. The van der Waals surface area contributed by atoms with Crippen LogP contribution >= 0.6 is 43.5 Å². The van der Waals surface area contributed by atoms with Crippen LogP contribution in [-0.4, -0.2) is 11.7 Å². The Bertz CT molecular complexity index is 339. The van der Waals surface area contributed by atoms with Crippen molar-refractivity contribution in [2.45, 2.75) is 0 Å². The highest BCUT2D eigenvalue weighted by atomic mass is 79.9. The van der Waals surface area contributed by atoms with Gasteiger partial charge in [-0.25, -0.2) is 4.99 Å². The van der Waals surface area contributed by atoms with Gasteiger partial charge in [0.15, 0.2) is 0 Å². The van der Waals surface area contributed by atoms with Crippen LogP contribution in [0.4, 0.5) is 5.69 Å². The van der Waals surface area contributed by atoms with Gasteiger partial charge >= 0.3 is 0 Å². The molecule has 0 saturated heterocycles. The molecule has 0 unspecified atom stereocenters. The third-order valence-electron chi connectivity index (χ3n) is 1.31. The van der Waals surface area contributed by atoms with Crippen LogP contribution in [0.25, 0.3) is 0 Å². The van der Waals surface area contributed by atoms with E-state index in [9.17, 15) is 0 Å². The van der Waals surface area contributed by atoms with Gasteiger partial charge in [-0.1, -0.05) is 15.9 Å². The molecule has 70 valence electrons. The standard InChI is InChI=1S/C8H7Br2ClN2/c9-5-1-2-6(10)7(3-5)13-8(12)4-11/h1-3H,4H2,(H2,12,13). The number of hydrogen-bond acceptors (Lipinski definition) is 1. The summed E-state index contributed by atoms with van der Waals surface area (Å²) in [4.78, 5) is 4.12. The van der Waals surface area contributed by atoms with Crippen LogP contribution in [0.3, 0.4) is 0 Å². The van der Waals surface area contributed by atoms with Crippen LogP contribution in [-0.2, 0) is 0 Å². The van der Waals surface area contributed by atoms with Gasteiger partial charge in [0.05, 0.1) is 11.6 Å². The average molecular weight is 326 g/mol. The lowest BCUT2D eigenvalue weighted by atomic mass is 10.3. The minimum atomic E-state index is 0.235. The van der Waals surface area contributed by atoms with Crippen molar-refractivity contribution in [1.82, 2.24) is 0 Å². The SMILES string of the molecule is NC(CCl)=Nc1cc(Br)ccc1Br. The molecule has 0 fully saturated rings. The summed E-state index contributed by atoms with van der Waals surface area (Å²) >= 11 is 12.2. The third-order valence-corrected chi connectivity index (χ3v) is 2.75. The normalized spacial score (nSPS) is 11.8. The minimum Gasteiger partial charge on any atom is -0.386 e. The first-order valence-electron chi connectivity index (χ1n) is 3.47. The Morgan fingerprint density at radius 3 is 2.77 bits per heavy atom. The summed E-state index contributed by atoms with van der Waals surface area (Å²) in [5.41, 5.74) is 6.28. The highest BCUT2D eigenvalue weighted by Crippen LogP contribution is 2.28. The van der Waals surface area contributed by atoms with E-state index in [4.69, 9.17) is 17.3 Å². The Morgan fingerprint density at radius 2 is 2.15 bits per heavy atom.